The van der Waals surface area contributed by atoms with E-state index in [4.69, 9.17) is 9.84 Å². The average Bonchev–Trinajstić information content (AvgIpc) is 2.51. The summed E-state index contributed by atoms with van der Waals surface area (Å²) in [6.07, 6.45) is -0.137. The zero-order valence-corrected chi connectivity index (χ0v) is 13.3. The molecule has 0 heterocycles. The molecule has 2 aromatic carbocycles. The highest BCUT2D eigenvalue weighted by Crippen LogP contribution is 2.21. The zero-order valence-electron chi connectivity index (χ0n) is 13.3. The highest BCUT2D eigenvalue weighted by atomic mass is 16.5. The molecule has 0 saturated carbocycles. The number of carboxylic acid groups (broad SMARTS) is 1. The molecule has 0 atom stereocenters. The number of aryl methyl sites for hydroxylation is 2. The van der Waals surface area contributed by atoms with E-state index in [1.807, 2.05) is 32.0 Å². The van der Waals surface area contributed by atoms with Crippen molar-refractivity contribution in [2.45, 2.75) is 33.3 Å². The van der Waals surface area contributed by atoms with Gasteiger partial charge in [0.25, 0.3) is 0 Å². The Morgan fingerprint density at radius 3 is 2.48 bits per heavy atom. The van der Waals surface area contributed by atoms with Crippen LogP contribution in [-0.4, -0.2) is 16.9 Å². The molecular weight excluding hydrogens is 292 g/mol. The van der Waals surface area contributed by atoms with E-state index in [1.54, 1.807) is 18.2 Å². The largest absolute Gasteiger partial charge is 0.489 e. The predicted molar refractivity (Wildman–Crippen MR) is 87.9 cm³/mol. The Kier molecular flexibility index (Phi) is 5.52. The van der Waals surface area contributed by atoms with E-state index in [2.05, 4.69) is 6.07 Å². The number of ketones is 1. The van der Waals surface area contributed by atoms with Gasteiger partial charge in [0.15, 0.2) is 5.78 Å². The highest BCUT2D eigenvalue weighted by molar-refractivity contribution is 5.97. The molecule has 2 aromatic rings. The van der Waals surface area contributed by atoms with Gasteiger partial charge in [-0.05, 0) is 43.2 Å². The van der Waals surface area contributed by atoms with Crippen LogP contribution in [0.1, 0.15) is 39.9 Å². The van der Waals surface area contributed by atoms with Crippen molar-refractivity contribution in [1.29, 1.82) is 0 Å². The molecule has 23 heavy (non-hydrogen) atoms. The second-order valence-electron chi connectivity index (χ2n) is 5.57. The molecule has 4 nitrogen and oxygen atoms in total. The van der Waals surface area contributed by atoms with Crippen molar-refractivity contribution in [2.75, 3.05) is 0 Å². The van der Waals surface area contributed by atoms with Crippen molar-refractivity contribution >= 4 is 11.8 Å². The van der Waals surface area contributed by atoms with E-state index in [0.717, 1.165) is 16.9 Å². The lowest BCUT2D eigenvalue weighted by Gasteiger charge is -2.11. The SMILES string of the molecule is Cc1cccc(COc2ccc(C(=O)CCC(=O)O)cc2C)c1. The number of Topliss-reactive ketones (excluding diaryl/α,β-unsaturated/α-hetero) is 1. The molecule has 4 heteroatoms. The minimum Gasteiger partial charge on any atom is -0.489 e. The molecule has 0 bridgehead atoms. The van der Waals surface area contributed by atoms with Crippen LogP contribution in [0.4, 0.5) is 0 Å². The minimum absolute atomic E-state index is 0.0122. The van der Waals surface area contributed by atoms with Gasteiger partial charge in [0.1, 0.15) is 12.4 Å². The van der Waals surface area contributed by atoms with Crippen LogP contribution in [0, 0.1) is 13.8 Å². The number of carbonyl (C=O) groups is 2. The van der Waals surface area contributed by atoms with Crippen LogP contribution in [0.25, 0.3) is 0 Å². The molecule has 0 fully saturated rings. The van der Waals surface area contributed by atoms with Gasteiger partial charge in [0.2, 0.25) is 0 Å². The Bertz CT molecular complexity index is 719. The molecular formula is C19H20O4. The summed E-state index contributed by atoms with van der Waals surface area (Å²) >= 11 is 0. The van der Waals surface area contributed by atoms with Crippen LogP contribution in [0.3, 0.4) is 0 Å². The highest BCUT2D eigenvalue weighted by Gasteiger charge is 2.10. The normalized spacial score (nSPS) is 10.3. The molecule has 0 radical (unpaired) electrons. The fourth-order valence-corrected chi connectivity index (χ4v) is 2.31. The molecule has 0 unspecified atom stereocenters. The summed E-state index contributed by atoms with van der Waals surface area (Å²) in [5.41, 5.74) is 3.65. The van der Waals surface area contributed by atoms with Gasteiger partial charge in [0, 0.05) is 12.0 Å². The van der Waals surface area contributed by atoms with Gasteiger partial charge in [-0.15, -0.1) is 0 Å². The van der Waals surface area contributed by atoms with Crippen LogP contribution in [0.5, 0.6) is 5.75 Å². The van der Waals surface area contributed by atoms with E-state index in [-0.39, 0.29) is 18.6 Å². The molecule has 0 amide bonds. The van der Waals surface area contributed by atoms with Crippen molar-refractivity contribution in [2.24, 2.45) is 0 Å². The Hall–Kier alpha value is -2.62. The molecule has 0 aliphatic carbocycles. The first kappa shape index (κ1) is 16.7. The van der Waals surface area contributed by atoms with E-state index >= 15 is 0 Å². The van der Waals surface area contributed by atoms with Crippen molar-refractivity contribution in [3.05, 3.63) is 64.7 Å². The molecule has 0 saturated heterocycles. The average molecular weight is 312 g/mol. The molecule has 1 N–H and O–H groups in total. The molecule has 0 spiro atoms. The van der Waals surface area contributed by atoms with E-state index in [9.17, 15) is 9.59 Å². The van der Waals surface area contributed by atoms with Gasteiger partial charge in [-0.3, -0.25) is 9.59 Å². The molecule has 0 aromatic heterocycles. The first-order valence-electron chi connectivity index (χ1n) is 7.49. The minimum atomic E-state index is -0.965. The molecule has 0 aliphatic heterocycles. The summed E-state index contributed by atoms with van der Waals surface area (Å²) in [7, 11) is 0. The predicted octanol–water partition coefficient (Wildman–Crippen LogP) is 3.93. The van der Waals surface area contributed by atoms with Gasteiger partial charge in [-0.25, -0.2) is 0 Å². The van der Waals surface area contributed by atoms with Gasteiger partial charge >= 0.3 is 5.97 Å². The van der Waals surface area contributed by atoms with Crippen LogP contribution < -0.4 is 4.74 Å². The standard InChI is InChI=1S/C19H20O4/c1-13-4-3-5-15(10-13)12-23-18-8-6-16(11-14(18)2)17(20)7-9-19(21)22/h3-6,8,10-11H,7,9,12H2,1-2H3,(H,21,22). The second kappa shape index (κ2) is 7.58. The van der Waals surface area contributed by atoms with E-state index in [1.165, 1.54) is 5.56 Å². The summed E-state index contributed by atoms with van der Waals surface area (Å²) in [5, 5.41) is 8.63. The number of rotatable bonds is 7. The van der Waals surface area contributed by atoms with Crippen LogP contribution in [0.2, 0.25) is 0 Å². The molecule has 2 rings (SSSR count). The van der Waals surface area contributed by atoms with Gasteiger partial charge < -0.3 is 9.84 Å². The lowest BCUT2D eigenvalue weighted by Crippen LogP contribution is -2.05. The number of benzene rings is 2. The maximum absolute atomic E-state index is 11.9. The lowest BCUT2D eigenvalue weighted by molar-refractivity contribution is -0.136. The summed E-state index contributed by atoms with van der Waals surface area (Å²) in [4.78, 5) is 22.5. The third-order valence-corrected chi connectivity index (χ3v) is 3.54. The maximum atomic E-state index is 11.9. The Morgan fingerprint density at radius 1 is 1.04 bits per heavy atom. The van der Waals surface area contributed by atoms with E-state index < -0.39 is 5.97 Å². The fourth-order valence-electron chi connectivity index (χ4n) is 2.31. The van der Waals surface area contributed by atoms with Crippen LogP contribution in [0.15, 0.2) is 42.5 Å². The third kappa shape index (κ3) is 4.95. The smallest absolute Gasteiger partial charge is 0.303 e. The van der Waals surface area contributed by atoms with E-state index in [0.29, 0.717) is 12.2 Å². The Morgan fingerprint density at radius 2 is 1.83 bits per heavy atom. The van der Waals surface area contributed by atoms with Gasteiger partial charge in [0.05, 0.1) is 6.42 Å². The summed E-state index contributed by atoms with van der Waals surface area (Å²) < 4.78 is 5.81. The van der Waals surface area contributed by atoms with Crippen molar-refractivity contribution in [1.82, 2.24) is 0 Å². The first-order valence-corrected chi connectivity index (χ1v) is 7.49. The Balaban J connectivity index is 2.01. The summed E-state index contributed by atoms with van der Waals surface area (Å²) in [5.74, 6) is -0.407. The fraction of sp³-hybridized carbons (Fsp3) is 0.263. The monoisotopic (exact) mass is 312 g/mol. The van der Waals surface area contributed by atoms with Crippen molar-refractivity contribution in [3.63, 3.8) is 0 Å². The number of hydrogen-bond donors (Lipinski definition) is 1. The maximum Gasteiger partial charge on any atom is 0.303 e. The number of carbonyl (C=O) groups excluding carboxylic acids is 1. The zero-order chi connectivity index (χ0) is 16.8. The quantitative estimate of drug-likeness (QED) is 0.787. The summed E-state index contributed by atoms with van der Waals surface area (Å²) in [6.45, 7) is 4.38. The topological polar surface area (TPSA) is 63.6 Å². The van der Waals surface area contributed by atoms with Crippen LogP contribution in [-0.2, 0) is 11.4 Å². The van der Waals surface area contributed by atoms with Crippen molar-refractivity contribution < 1.29 is 19.4 Å². The first-order chi connectivity index (χ1) is 11.0. The number of ether oxygens (including phenoxy) is 1. The molecule has 0 aliphatic rings. The van der Waals surface area contributed by atoms with Gasteiger partial charge in [-0.2, -0.15) is 0 Å². The number of carboxylic acids is 1. The number of aliphatic carboxylic acids is 1. The second-order valence-corrected chi connectivity index (χ2v) is 5.57. The summed E-state index contributed by atoms with van der Waals surface area (Å²) in [6, 6.07) is 13.3. The molecule has 120 valence electrons. The van der Waals surface area contributed by atoms with Gasteiger partial charge in [-0.1, -0.05) is 29.8 Å². The lowest BCUT2D eigenvalue weighted by atomic mass is 10.0. The van der Waals surface area contributed by atoms with Crippen LogP contribution >= 0.6 is 0 Å². The Labute approximate surface area is 135 Å². The third-order valence-electron chi connectivity index (χ3n) is 3.54. The van der Waals surface area contributed by atoms with Crippen molar-refractivity contribution in [3.8, 4) is 5.75 Å². The number of hydrogen-bond acceptors (Lipinski definition) is 3.